The lowest BCUT2D eigenvalue weighted by Gasteiger charge is -2.26. The van der Waals surface area contributed by atoms with Gasteiger partial charge in [0, 0.05) is 41.8 Å². The number of hydrogen-bond acceptors (Lipinski definition) is 5. The van der Waals surface area contributed by atoms with Crippen LogP contribution in [0.25, 0.3) is 16.9 Å². The molecule has 3 aromatic rings. The van der Waals surface area contributed by atoms with E-state index in [4.69, 9.17) is 0 Å². The van der Waals surface area contributed by atoms with Crippen LogP contribution < -0.4 is 10.6 Å². The number of hydrogen-bond donors (Lipinski definition) is 2. The Bertz CT molecular complexity index is 1100. The number of amides is 1. The van der Waals surface area contributed by atoms with Crippen LogP contribution in [0.5, 0.6) is 0 Å². The molecule has 0 aliphatic heterocycles. The van der Waals surface area contributed by atoms with Gasteiger partial charge < -0.3 is 15.4 Å². The molecular formula is C23H26FN5O2. The first-order valence-corrected chi connectivity index (χ1v) is 10.6. The monoisotopic (exact) mass is 423 g/mol. The maximum atomic E-state index is 13.5. The van der Waals surface area contributed by atoms with Crippen molar-refractivity contribution in [2.45, 2.75) is 51.6 Å². The lowest BCUT2D eigenvalue weighted by Crippen LogP contribution is -2.38. The number of nitrogens with zero attached hydrogens (tertiary/aromatic N) is 3. The average molecular weight is 423 g/mol. The van der Waals surface area contributed by atoms with Gasteiger partial charge in [-0.1, -0.05) is 0 Å². The van der Waals surface area contributed by atoms with Gasteiger partial charge in [-0.05, 0) is 51.7 Å². The van der Waals surface area contributed by atoms with E-state index >= 15 is 0 Å². The molecule has 0 unspecified atom stereocenters. The molecule has 3 aromatic heterocycles. The summed E-state index contributed by atoms with van der Waals surface area (Å²) in [6, 6.07) is 5.18. The highest BCUT2D eigenvalue weighted by molar-refractivity contribution is 5.99. The number of carbonyl (C=O) groups is 2. The van der Waals surface area contributed by atoms with E-state index in [1.54, 1.807) is 23.0 Å². The molecule has 1 amide bonds. The second-order valence-corrected chi connectivity index (χ2v) is 8.36. The molecule has 31 heavy (non-hydrogen) atoms. The molecule has 162 valence electrons. The zero-order valence-electron chi connectivity index (χ0n) is 17.6. The molecule has 2 N–H and O–H groups in total. The predicted octanol–water partition coefficient (Wildman–Crippen LogP) is 3.87. The first kappa shape index (κ1) is 21.0. The van der Waals surface area contributed by atoms with Gasteiger partial charge in [0.15, 0.2) is 0 Å². The molecule has 3 heterocycles. The van der Waals surface area contributed by atoms with Gasteiger partial charge in [0.05, 0.1) is 17.4 Å². The van der Waals surface area contributed by atoms with Gasteiger partial charge in [-0.15, -0.1) is 0 Å². The Morgan fingerprint density at radius 1 is 1.19 bits per heavy atom. The Morgan fingerprint density at radius 3 is 2.68 bits per heavy atom. The maximum absolute atomic E-state index is 13.5. The van der Waals surface area contributed by atoms with Crippen molar-refractivity contribution in [2.75, 3.05) is 5.32 Å². The molecule has 1 aliphatic rings. The van der Waals surface area contributed by atoms with Crippen LogP contribution in [0.2, 0.25) is 0 Å². The van der Waals surface area contributed by atoms with Crippen molar-refractivity contribution >= 4 is 28.9 Å². The highest BCUT2D eigenvalue weighted by atomic mass is 19.1. The third-order valence-corrected chi connectivity index (χ3v) is 5.62. The smallest absolute Gasteiger partial charge is 0.255 e. The van der Waals surface area contributed by atoms with Crippen molar-refractivity contribution in [2.24, 2.45) is 5.92 Å². The fourth-order valence-electron chi connectivity index (χ4n) is 4.03. The predicted molar refractivity (Wildman–Crippen MR) is 117 cm³/mol. The van der Waals surface area contributed by atoms with E-state index in [1.807, 2.05) is 19.9 Å². The minimum atomic E-state index is -0.394. The van der Waals surface area contributed by atoms with Gasteiger partial charge in [0.2, 0.25) is 0 Å². The Labute approximate surface area is 180 Å². The molecule has 0 atom stereocenters. The highest BCUT2D eigenvalue weighted by Crippen LogP contribution is 2.25. The Hall–Kier alpha value is -3.29. The maximum Gasteiger partial charge on any atom is 0.255 e. The lowest BCUT2D eigenvalue weighted by molar-refractivity contribution is -0.111. The highest BCUT2D eigenvalue weighted by Gasteiger charge is 2.24. The van der Waals surface area contributed by atoms with E-state index in [2.05, 4.69) is 20.6 Å². The molecule has 7 nitrogen and oxygen atoms in total. The van der Waals surface area contributed by atoms with Crippen molar-refractivity contribution < 1.29 is 14.0 Å². The van der Waals surface area contributed by atoms with E-state index in [9.17, 15) is 14.0 Å². The van der Waals surface area contributed by atoms with Gasteiger partial charge in [-0.2, -0.15) is 0 Å². The van der Waals surface area contributed by atoms with Crippen LogP contribution in [0.1, 0.15) is 49.9 Å². The van der Waals surface area contributed by atoms with Crippen LogP contribution in [0.15, 0.2) is 36.8 Å². The third kappa shape index (κ3) is 4.57. The molecular weight excluding hydrogens is 397 g/mol. The zero-order chi connectivity index (χ0) is 22.0. The van der Waals surface area contributed by atoms with Crippen molar-refractivity contribution in [1.82, 2.24) is 19.9 Å². The van der Waals surface area contributed by atoms with E-state index in [-0.39, 0.29) is 23.9 Å². The minimum absolute atomic E-state index is 0.0581. The van der Waals surface area contributed by atoms with Crippen LogP contribution in [0.4, 0.5) is 10.1 Å². The lowest BCUT2D eigenvalue weighted by atomic mass is 9.87. The Balaban J connectivity index is 1.61. The van der Waals surface area contributed by atoms with E-state index < -0.39 is 5.82 Å². The molecule has 1 fully saturated rings. The molecule has 0 spiro atoms. The normalized spacial score (nSPS) is 18.8. The standard InChI is InChI=1S/C23H26FN5O2/c1-14(2)27-20-10-21(29-8-7-16-9-17(24)11-26-22(16)29)25-12-19(20)23(31)28-18-5-3-15(13-30)4-6-18/h7-15,18H,3-6H2,1-2H3,(H,25,27)(H,28,31)/t15-,18-. The Kier molecular flexibility index (Phi) is 5.97. The van der Waals surface area contributed by atoms with Crippen molar-refractivity contribution in [3.63, 3.8) is 0 Å². The molecule has 1 saturated carbocycles. The number of carbonyl (C=O) groups excluding carboxylic acids is 2. The van der Waals surface area contributed by atoms with Crippen LogP contribution in [-0.2, 0) is 4.79 Å². The second-order valence-electron chi connectivity index (χ2n) is 8.36. The van der Waals surface area contributed by atoms with Crippen molar-refractivity contribution in [3.05, 3.63) is 48.2 Å². The molecule has 8 heteroatoms. The van der Waals surface area contributed by atoms with Crippen molar-refractivity contribution in [1.29, 1.82) is 0 Å². The average Bonchev–Trinajstić information content (AvgIpc) is 3.16. The quantitative estimate of drug-likeness (QED) is 0.588. The fourth-order valence-corrected chi connectivity index (χ4v) is 4.03. The summed E-state index contributed by atoms with van der Waals surface area (Å²) >= 11 is 0. The molecule has 0 bridgehead atoms. The van der Waals surface area contributed by atoms with Crippen molar-refractivity contribution in [3.8, 4) is 5.82 Å². The summed E-state index contributed by atoms with van der Waals surface area (Å²) in [6.07, 6.45) is 8.73. The molecule has 4 rings (SSSR count). The summed E-state index contributed by atoms with van der Waals surface area (Å²) in [6.45, 7) is 4.00. The summed E-state index contributed by atoms with van der Waals surface area (Å²) in [4.78, 5) is 32.6. The summed E-state index contributed by atoms with van der Waals surface area (Å²) in [7, 11) is 0. The first-order chi connectivity index (χ1) is 14.9. The van der Waals surface area contributed by atoms with Crippen LogP contribution in [-0.4, -0.2) is 38.8 Å². The summed E-state index contributed by atoms with van der Waals surface area (Å²) in [5.74, 6) is 0.106. The first-order valence-electron chi connectivity index (χ1n) is 10.6. The largest absolute Gasteiger partial charge is 0.382 e. The Morgan fingerprint density at radius 2 is 1.97 bits per heavy atom. The second kappa shape index (κ2) is 8.83. The molecule has 0 aromatic carbocycles. The van der Waals surface area contributed by atoms with E-state index in [1.165, 1.54) is 12.3 Å². The fraction of sp³-hybridized carbons (Fsp3) is 0.391. The number of anilines is 1. The minimum Gasteiger partial charge on any atom is -0.382 e. The number of pyridine rings is 2. The van der Waals surface area contributed by atoms with Gasteiger partial charge >= 0.3 is 0 Å². The van der Waals surface area contributed by atoms with Crippen LogP contribution in [0, 0.1) is 11.7 Å². The van der Waals surface area contributed by atoms with Crippen LogP contribution in [0.3, 0.4) is 0 Å². The molecule has 0 radical (unpaired) electrons. The van der Waals surface area contributed by atoms with E-state index in [0.717, 1.165) is 32.0 Å². The number of nitrogens with one attached hydrogen (secondary N) is 2. The zero-order valence-corrected chi connectivity index (χ0v) is 17.6. The number of aldehydes is 1. The molecule has 0 saturated heterocycles. The van der Waals surface area contributed by atoms with Gasteiger partial charge in [0.1, 0.15) is 23.6 Å². The van der Waals surface area contributed by atoms with Gasteiger partial charge in [0.25, 0.3) is 5.91 Å². The summed E-state index contributed by atoms with van der Waals surface area (Å²) in [5, 5.41) is 7.09. The SMILES string of the molecule is CC(C)Nc1cc(-n2ccc3cc(F)cnc32)ncc1C(=O)N[C@H]1CC[C@H](C=O)CC1. The summed E-state index contributed by atoms with van der Waals surface area (Å²) in [5.41, 5.74) is 1.72. The summed E-state index contributed by atoms with van der Waals surface area (Å²) < 4.78 is 15.2. The van der Waals surface area contributed by atoms with E-state index in [0.29, 0.717) is 28.1 Å². The number of rotatable bonds is 6. The number of fused-ring (bicyclic) bond motifs is 1. The van der Waals surface area contributed by atoms with Gasteiger partial charge in [-0.3, -0.25) is 9.36 Å². The number of halogens is 1. The molecule has 1 aliphatic carbocycles. The number of aromatic nitrogens is 3. The van der Waals surface area contributed by atoms with Crippen LogP contribution >= 0.6 is 0 Å². The van der Waals surface area contributed by atoms with Gasteiger partial charge in [-0.25, -0.2) is 14.4 Å². The third-order valence-electron chi connectivity index (χ3n) is 5.62. The topological polar surface area (TPSA) is 88.9 Å².